The molecule has 0 aliphatic carbocycles. The zero-order chi connectivity index (χ0) is 20.3. The third-order valence-corrected chi connectivity index (χ3v) is 4.85. The van der Waals surface area contributed by atoms with Gasteiger partial charge in [0.15, 0.2) is 0 Å². The lowest BCUT2D eigenvalue weighted by molar-refractivity contribution is -0.138. The average molecular weight is 390 g/mol. The summed E-state index contributed by atoms with van der Waals surface area (Å²) in [6.07, 6.45) is -4.89. The fraction of sp³-hybridized carbons (Fsp3) is 0.333. The molecule has 0 aromatic heterocycles. The molecule has 1 unspecified atom stereocenters. The zero-order valence-corrected chi connectivity index (χ0v) is 15.4. The van der Waals surface area contributed by atoms with Gasteiger partial charge in [0.2, 0.25) is 11.8 Å². The van der Waals surface area contributed by atoms with Crippen LogP contribution < -0.4 is 5.32 Å². The molecule has 0 spiro atoms. The summed E-state index contributed by atoms with van der Waals surface area (Å²) in [7, 11) is 0. The SMILES string of the molecule is CC(=O)N1Cc2ccccc2CC1C(=O)Nc1cccc(CCC(F)(F)F)c1. The Hall–Kier alpha value is -2.83. The summed E-state index contributed by atoms with van der Waals surface area (Å²) in [6.45, 7) is 1.78. The third kappa shape index (κ3) is 4.91. The summed E-state index contributed by atoms with van der Waals surface area (Å²) >= 11 is 0. The number of nitrogens with zero attached hydrogens (tertiary/aromatic N) is 1. The summed E-state index contributed by atoms with van der Waals surface area (Å²) < 4.78 is 37.3. The van der Waals surface area contributed by atoms with Crippen LogP contribution in [-0.4, -0.2) is 28.9 Å². The smallest absolute Gasteiger partial charge is 0.326 e. The molecule has 2 aromatic rings. The molecule has 0 saturated heterocycles. The molecule has 2 amide bonds. The Morgan fingerprint density at radius 3 is 2.50 bits per heavy atom. The van der Waals surface area contributed by atoms with Gasteiger partial charge in [0.1, 0.15) is 6.04 Å². The number of hydrogen-bond donors (Lipinski definition) is 1. The summed E-state index contributed by atoms with van der Waals surface area (Å²) in [5.74, 6) is -0.550. The fourth-order valence-electron chi connectivity index (χ4n) is 3.40. The molecule has 2 aromatic carbocycles. The van der Waals surface area contributed by atoms with Crippen LogP contribution in [0.3, 0.4) is 0 Å². The van der Waals surface area contributed by atoms with Gasteiger partial charge in [0.25, 0.3) is 0 Å². The highest BCUT2D eigenvalue weighted by Gasteiger charge is 2.33. The second-order valence-corrected chi connectivity index (χ2v) is 6.94. The van der Waals surface area contributed by atoms with Gasteiger partial charge < -0.3 is 10.2 Å². The van der Waals surface area contributed by atoms with Crippen molar-refractivity contribution in [2.24, 2.45) is 0 Å². The number of rotatable bonds is 4. The monoisotopic (exact) mass is 390 g/mol. The minimum Gasteiger partial charge on any atom is -0.326 e. The first-order chi connectivity index (χ1) is 13.2. The number of carbonyl (C=O) groups excluding carboxylic acids is 2. The number of benzene rings is 2. The van der Waals surface area contributed by atoms with Crippen LogP contribution in [0.1, 0.15) is 30.0 Å². The van der Waals surface area contributed by atoms with E-state index in [1.807, 2.05) is 24.3 Å². The molecule has 148 valence electrons. The van der Waals surface area contributed by atoms with Gasteiger partial charge in [-0.15, -0.1) is 0 Å². The fourth-order valence-corrected chi connectivity index (χ4v) is 3.40. The highest BCUT2D eigenvalue weighted by atomic mass is 19.4. The van der Waals surface area contributed by atoms with Crippen molar-refractivity contribution in [3.05, 3.63) is 65.2 Å². The van der Waals surface area contributed by atoms with Gasteiger partial charge in [0.05, 0.1) is 0 Å². The van der Waals surface area contributed by atoms with E-state index < -0.39 is 18.6 Å². The zero-order valence-electron chi connectivity index (χ0n) is 15.4. The highest BCUT2D eigenvalue weighted by molar-refractivity contribution is 5.97. The molecule has 7 heteroatoms. The van der Waals surface area contributed by atoms with Crippen LogP contribution in [0.2, 0.25) is 0 Å². The molecule has 1 aliphatic rings. The van der Waals surface area contributed by atoms with E-state index in [1.54, 1.807) is 24.3 Å². The molecular formula is C21H21F3N2O2. The van der Waals surface area contributed by atoms with Crippen molar-refractivity contribution >= 4 is 17.5 Å². The van der Waals surface area contributed by atoms with Crippen molar-refractivity contribution in [2.75, 3.05) is 5.32 Å². The number of amides is 2. The molecule has 0 saturated carbocycles. The molecule has 4 nitrogen and oxygen atoms in total. The predicted octanol–water partition coefficient (Wildman–Crippen LogP) is 4.09. The second-order valence-electron chi connectivity index (χ2n) is 6.94. The van der Waals surface area contributed by atoms with Crippen molar-refractivity contribution in [1.82, 2.24) is 4.90 Å². The standard InChI is InChI=1S/C21H21F3N2O2/c1-14(27)26-13-17-7-3-2-6-16(17)12-19(26)20(28)25-18-8-4-5-15(11-18)9-10-21(22,23)24/h2-8,11,19H,9-10,12-13H2,1H3,(H,25,28). The number of anilines is 1. The Kier molecular flexibility index (Phi) is 5.72. The normalized spacial score (nSPS) is 16.4. The van der Waals surface area contributed by atoms with Crippen LogP contribution in [0.5, 0.6) is 0 Å². The number of aryl methyl sites for hydroxylation is 1. The van der Waals surface area contributed by atoms with E-state index in [2.05, 4.69) is 5.32 Å². The van der Waals surface area contributed by atoms with E-state index in [1.165, 1.54) is 11.8 Å². The third-order valence-electron chi connectivity index (χ3n) is 4.85. The molecule has 0 fully saturated rings. The van der Waals surface area contributed by atoms with E-state index in [0.717, 1.165) is 11.1 Å². The van der Waals surface area contributed by atoms with Crippen LogP contribution in [0, 0.1) is 0 Å². The van der Waals surface area contributed by atoms with Gasteiger partial charge in [-0.1, -0.05) is 36.4 Å². The Bertz CT molecular complexity index is 880. The summed E-state index contributed by atoms with van der Waals surface area (Å²) in [5, 5.41) is 2.75. The van der Waals surface area contributed by atoms with Gasteiger partial charge in [-0.25, -0.2) is 0 Å². The first-order valence-electron chi connectivity index (χ1n) is 9.03. The molecule has 28 heavy (non-hydrogen) atoms. The number of halogens is 3. The van der Waals surface area contributed by atoms with Gasteiger partial charge in [-0.05, 0) is 35.2 Å². The molecule has 1 aliphatic heterocycles. The van der Waals surface area contributed by atoms with E-state index >= 15 is 0 Å². The Labute approximate surface area is 161 Å². The number of hydrogen-bond acceptors (Lipinski definition) is 2. The topological polar surface area (TPSA) is 49.4 Å². The van der Waals surface area contributed by atoms with Crippen molar-refractivity contribution in [2.45, 2.75) is 44.9 Å². The van der Waals surface area contributed by atoms with E-state index in [9.17, 15) is 22.8 Å². The first-order valence-corrected chi connectivity index (χ1v) is 9.03. The van der Waals surface area contributed by atoms with Crippen LogP contribution in [0.25, 0.3) is 0 Å². The van der Waals surface area contributed by atoms with Crippen molar-refractivity contribution in [1.29, 1.82) is 0 Å². The predicted molar refractivity (Wildman–Crippen MR) is 99.6 cm³/mol. The molecule has 0 bridgehead atoms. The van der Waals surface area contributed by atoms with Gasteiger partial charge in [0, 0.05) is 32.0 Å². The number of alkyl halides is 3. The van der Waals surface area contributed by atoms with Gasteiger partial charge in [-0.2, -0.15) is 13.2 Å². The first kappa shape index (κ1) is 19.9. The molecule has 1 atom stereocenters. The summed E-state index contributed by atoms with van der Waals surface area (Å²) in [5.41, 5.74) is 2.94. The van der Waals surface area contributed by atoms with Crippen molar-refractivity contribution in [3.8, 4) is 0 Å². The Balaban J connectivity index is 1.74. The minimum atomic E-state index is -4.23. The average Bonchev–Trinajstić information content (AvgIpc) is 2.65. The summed E-state index contributed by atoms with van der Waals surface area (Å²) in [4.78, 5) is 26.4. The molecule has 1 heterocycles. The van der Waals surface area contributed by atoms with Crippen LogP contribution in [-0.2, 0) is 29.0 Å². The maximum Gasteiger partial charge on any atom is 0.389 e. The maximum atomic E-state index is 12.8. The number of nitrogens with one attached hydrogen (secondary N) is 1. The lowest BCUT2D eigenvalue weighted by atomic mass is 9.93. The lowest BCUT2D eigenvalue weighted by Gasteiger charge is -2.35. The second kappa shape index (κ2) is 8.04. The highest BCUT2D eigenvalue weighted by Crippen LogP contribution is 2.26. The Morgan fingerprint density at radius 2 is 1.82 bits per heavy atom. The largest absolute Gasteiger partial charge is 0.389 e. The van der Waals surface area contributed by atoms with Crippen LogP contribution in [0.4, 0.5) is 18.9 Å². The quantitative estimate of drug-likeness (QED) is 0.855. The van der Waals surface area contributed by atoms with Crippen LogP contribution in [0.15, 0.2) is 48.5 Å². The van der Waals surface area contributed by atoms with Gasteiger partial charge in [-0.3, -0.25) is 9.59 Å². The lowest BCUT2D eigenvalue weighted by Crippen LogP contribution is -2.49. The van der Waals surface area contributed by atoms with Gasteiger partial charge >= 0.3 is 6.18 Å². The van der Waals surface area contributed by atoms with E-state index in [0.29, 0.717) is 24.2 Å². The van der Waals surface area contributed by atoms with Crippen LogP contribution >= 0.6 is 0 Å². The molecule has 1 N–H and O–H groups in total. The number of fused-ring (bicyclic) bond motifs is 1. The summed E-state index contributed by atoms with van der Waals surface area (Å²) in [6, 6.07) is 13.4. The van der Waals surface area contributed by atoms with E-state index in [4.69, 9.17) is 0 Å². The van der Waals surface area contributed by atoms with Crippen molar-refractivity contribution < 1.29 is 22.8 Å². The minimum absolute atomic E-state index is 0.149. The Morgan fingerprint density at radius 1 is 1.11 bits per heavy atom. The molecular weight excluding hydrogens is 369 g/mol. The number of carbonyl (C=O) groups is 2. The van der Waals surface area contributed by atoms with E-state index in [-0.39, 0.29) is 18.2 Å². The molecule has 0 radical (unpaired) electrons. The maximum absolute atomic E-state index is 12.8. The molecule has 3 rings (SSSR count). The van der Waals surface area contributed by atoms with Crippen molar-refractivity contribution in [3.63, 3.8) is 0 Å².